The first-order valence-corrected chi connectivity index (χ1v) is 6.59. The Morgan fingerprint density at radius 2 is 1.81 bits per heavy atom. The smallest absolute Gasteiger partial charge is 0.335 e. The zero-order valence-electron chi connectivity index (χ0n) is 11.7. The van der Waals surface area contributed by atoms with Gasteiger partial charge in [0.05, 0.1) is 0 Å². The number of hydrogen-bond donors (Lipinski definition) is 0. The third kappa shape index (κ3) is 4.15. The number of nitrogens with zero attached hydrogens (tertiary/aromatic N) is 1. The Morgan fingerprint density at radius 1 is 1.19 bits per heavy atom. The summed E-state index contributed by atoms with van der Waals surface area (Å²) in [6.07, 6.45) is 8.71. The van der Waals surface area contributed by atoms with Crippen LogP contribution in [0.15, 0.2) is 0 Å². The van der Waals surface area contributed by atoms with Crippen LogP contribution in [0.1, 0.15) is 52.4 Å². The second-order valence-corrected chi connectivity index (χ2v) is 6.31. The molecule has 0 unspecified atom stereocenters. The molecule has 1 nitrogen and oxygen atoms in total. The summed E-state index contributed by atoms with van der Waals surface area (Å²) in [6, 6.07) is 0. The van der Waals surface area contributed by atoms with Crippen LogP contribution in [0.2, 0.25) is 0 Å². The van der Waals surface area contributed by atoms with Crippen molar-refractivity contribution < 1.29 is 58.2 Å². The van der Waals surface area contributed by atoms with E-state index >= 15 is 0 Å². The van der Waals surface area contributed by atoms with Crippen LogP contribution in [0, 0.1) is 17.3 Å². The molecule has 1 aliphatic heterocycles. The van der Waals surface area contributed by atoms with Crippen LogP contribution < -0.4 is 58.2 Å². The maximum Gasteiger partial charge on any atom is 1.00 e. The van der Waals surface area contributed by atoms with Crippen molar-refractivity contribution in [2.45, 2.75) is 52.4 Å². The Kier molecular flexibility index (Phi) is 6.72. The molecule has 0 N–H and O–H groups in total. The van der Waals surface area contributed by atoms with Gasteiger partial charge in [-0.25, -0.2) is 0 Å². The Hall–Kier alpha value is 1.77. The third-order valence-electron chi connectivity index (χ3n) is 4.56. The Bertz CT molecular complexity index is 209. The molecule has 1 saturated carbocycles. The van der Waals surface area contributed by atoms with Crippen molar-refractivity contribution in [2.24, 2.45) is 11.3 Å². The van der Waals surface area contributed by atoms with E-state index < -0.39 is 0 Å². The second kappa shape index (κ2) is 6.79. The summed E-state index contributed by atoms with van der Waals surface area (Å²) in [5, 5.41) is 0. The van der Waals surface area contributed by atoms with Gasteiger partial charge in [-0.15, -0.1) is 6.54 Å². The second-order valence-electron chi connectivity index (χ2n) is 6.31. The van der Waals surface area contributed by atoms with Crippen LogP contribution in [0.4, 0.5) is 0 Å². The van der Waals surface area contributed by atoms with Crippen LogP contribution in [-0.4, -0.2) is 25.0 Å². The molecule has 1 heterocycles. The summed E-state index contributed by atoms with van der Waals surface area (Å²) in [6.45, 7) is 7.33. The normalized spacial score (nSPS) is 38.1. The molecule has 1 spiro atoms. The molecule has 0 amide bonds. The topological polar surface area (TPSA) is 3.24 Å². The first-order valence-electron chi connectivity index (χ1n) is 6.59. The van der Waals surface area contributed by atoms with Gasteiger partial charge in [-0.3, -0.25) is 0 Å². The molecule has 2 rings (SSSR count). The average molecular weight is 294 g/mol. The Labute approximate surface area is 151 Å². The van der Waals surface area contributed by atoms with E-state index in [2.05, 4.69) is 25.8 Å². The molecule has 0 aromatic carbocycles. The first kappa shape index (κ1) is 15.8. The third-order valence-corrected chi connectivity index (χ3v) is 4.56. The van der Waals surface area contributed by atoms with Crippen molar-refractivity contribution in [2.75, 3.05) is 20.1 Å². The standard InChI is InChI=1S/C14H26N.Rb/c1-12-4-7-14(8-5-12)9-6-13(2)10-15(3)11-14;/h12H,4-11H2,1-3H3;/q-1;+1. The minimum absolute atomic E-state index is 0. The monoisotopic (exact) mass is 293 g/mol. The van der Waals surface area contributed by atoms with Crippen molar-refractivity contribution in [1.29, 1.82) is 0 Å². The summed E-state index contributed by atoms with van der Waals surface area (Å²) in [5.74, 6) is 2.67. The zero-order chi connectivity index (χ0) is 10.9. The molecule has 2 fully saturated rings. The van der Waals surface area contributed by atoms with Crippen molar-refractivity contribution in [1.82, 2.24) is 4.90 Å². The molecule has 0 radical (unpaired) electrons. The predicted octanol–water partition coefficient (Wildman–Crippen LogP) is 0.507. The Balaban J connectivity index is 0.00000128. The fourth-order valence-corrected chi connectivity index (χ4v) is 3.51. The van der Waals surface area contributed by atoms with E-state index in [0.29, 0.717) is 5.41 Å². The minimum atomic E-state index is 0. The van der Waals surface area contributed by atoms with E-state index in [1.807, 2.05) is 0 Å². The van der Waals surface area contributed by atoms with Gasteiger partial charge in [0.2, 0.25) is 0 Å². The molecule has 0 aromatic heterocycles. The van der Waals surface area contributed by atoms with E-state index in [1.165, 1.54) is 51.6 Å². The molecular formula is C14H26NRb. The molecule has 0 atom stereocenters. The summed E-state index contributed by atoms with van der Waals surface area (Å²) in [7, 11) is 2.30. The van der Waals surface area contributed by atoms with Gasteiger partial charge < -0.3 is 10.8 Å². The first-order chi connectivity index (χ1) is 7.10. The van der Waals surface area contributed by atoms with Crippen molar-refractivity contribution in [3.05, 3.63) is 5.92 Å². The summed E-state index contributed by atoms with van der Waals surface area (Å²) in [5.41, 5.74) is 0.680. The van der Waals surface area contributed by atoms with Gasteiger partial charge in [0.15, 0.2) is 0 Å². The molecule has 1 aliphatic carbocycles. The maximum absolute atomic E-state index is 2.55. The Morgan fingerprint density at radius 3 is 2.44 bits per heavy atom. The van der Waals surface area contributed by atoms with Crippen LogP contribution in [0.3, 0.4) is 0 Å². The van der Waals surface area contributed by atoms with Crippen molar-refractivity contribution in [3.8, 4) is 0 Å². The van der Waals surface area contributed by atoms with Gasteiger partial charge in [0.25, 0.3) is 0 Å². The molecule has 2 heteroatoms. The molecular weight excluding hydrogens is 268 g/mol. The summed E-state index contributed by atoms with van der Waals surface area (Å²) >= 11 is 0. The van der Waals surface area contributed by atoms with Crippen LogP contribution >= 0.6 is 0 Å². The summed E-state index contributed by atoms with van der Waals surface area (Å²) in [4.78, 5) is 2.55. The minimum Gasteiger partial charge on any atom is -0.335 e. The van der Waals surface area contributed by atoms with Crippen LogP contribution in [0.5, 0.6) is 0 Å². The van der Waals surface area contributed by atoms with Gasteiger partial charge in [-0.2, -0.15) is 13.3 Å². The quantitative estimate of drug-likeness (QED) is 0.588. The predicted molar refractivity (Wildman–Crippen MR) is 65.7 cm³/mol. The van der Waals surface area contributed by atoms with Gasteiger partial charge in [-0.05, 0) is 31.2 Å². The molecule has 2 aliphatic rings. The number of likely N-dealkylation sites (tertiary alicyclic amines) is 1. The molecule has 16 heavy (non-hydrogen) atoms. The van der Waals surface area contributed by atoms with Gasteiger partial charge in [-0.1, -0.05) is 26.2 Å². The largest absolute Gasteiger partial charge is 1.00 e. The molecule has 0 aromatic rings. The SMILES string of the molecule is C[C-]1CCC2(CCC(C)CC2)CN(C)C1.[Rb+]. The van der Waals surface area contributed by atoms with Crippen LogP contribution in [-0.2, 0) is 0 Å². The van der Waals surface area contributed by atoms with Crippen molar-refractivity contribution in [3.63, 3.8) is 0 Å². The van der Waals surface area contributed by atoms with E-state index in [1.54, 1.807) is 5.92 Å². The fourth-order valence-electron chi connectivity index (χ4n) is 3.51. The van der Waals surface area contributed by atoms with Gasteiger partial charge in [0, 0.05) is 6.54 Å². The van der Waals surface area contributed by atoms with E-state index in [9.17, 15) is 0 Å². The van der Waals surface area contributed by atoms with E-state index in [0.717, 1.165) is 5.92 Å². The molecule has 88 valence electrons. The number of rotatable bonds is 0. The summed E-state index contributed by atoms with van der Waals surface area (Å²) < 4.78 is 0. The van der Waals surface area contributed by atoms with Gasteiger partial charge >= 0.3 is 58.2 Å². The molecule has 1 saturated heterocycles. The van der Waals surface area contributed by atoms with Crippen LogP contribution in [0.25, 0.3) is 0 Å². The fraction of sp³-hybridized carbons (Fsp3) is 0.929. The van der Waals surface area contributed by atoms with Crippen molar-refractivity contribution >= 4 is 0 Å². The molecule has 0 bridgehead atoms. The average Bonchev–Trinajstić information content (AvgIpc) is 2.32. The van der Waals surface area contributed by atoms with Gasteiger partial charge in [0.1, 0.15) is 0 Å². The van der Waals surface area contributed by atoms with E-state index in [-0.39, 0.29) is 58.2 Å². The maximum atomic E-state index is 2.55. The van der Waals surface area contributed by atoms with E-state index in [4.69, 9.17) is 0 Å². The number of hydrogen-bond acceptors (Lipinski definition) is 1. The zero-order valence-corrected chi connectivity index (χ0v) is 16.6.